The summed E-state index contributed by atoms with van der Waals surface area (Å²) in [6.45, 7) is 8.61. The number of anilines is 1. The summed E-state index contributed by atoms with van der Waals surface area (Å²) < 4.78 is 5.81. The van der Waals surface area contributed by atoms with Crippen LogP contribution in [0.25, 0.3) is 22.2 Å². The monoisotopic (exact) mass is 363 g/mol. The van der Waals surface area contributed by atoms with Crippen molar-refractivity contribution >= 4 is 16.7 Å². The van der Waals surface area contributed by atoms with Gasteiger partial charge in [0.2, 0.25) is 0 Å². The van der Waals surface area contributed by atoms with Crippen molar-refractivity contribution in [3.8, 4) is 11.3 Å². The molecule has 1 saturated heterocycles. The zero-order valence-electron chi connectivity index (χ0n) is 16.0. The number of pyridine rings is 1. The highest BCUT2D eigenvalue weighted by Gasteiger charge is 2.23. The number of nitrogen functional groups attached to an aromatic ring is 1. The molecule has 6 nitrogen and oxygen atoms in total. The van der Waals surface area contributed by atoms with Crippen LogP contribution < -0.4 is 5.73 Å². The average Bonchev–Trinajstić information content (AvgIpc) is 2.60. The molecule has 3 aromatic rings. The van der Waals surface area contributed by atoms with E-state index in [0.29, 0.717) is 12.4 Å². The Morgan fingerprint density at radius 1 is 1.07 bits per heavy atom. The van der Waals surface area contributed by atoms with Gasteiger partial charge < -0.3 is 10.5 Å². The quantitative estimate of drug-likeness (QED) is 0.770. The first-order chi connectivity index (χ1) is 13.0. The Bertz CT molecular complexity index is 964. The predicted molar refractivity (Wildman–Crippen MR) is 107 cm³/mol. The van der Waals surface area contributed by atoms with E-state index in [9.17, 15) is 0 Å². The molecule has 0 aliphatic carbocycles. The molecule has 6 heteroatoms. The zero-order valence-corrected chi connectivity index (χ0v) is 16.0. The van der Waals surface area contributed by atoms with Crippen molar-refractivity contribution < 1.29 is 4.74 Å². The van der Waals surface area contributed by atoms with Gasteiger partial charge in [-0.05, 0) is 45.0 Å². The molecule has 0 radical (unpaired) electrons. The molecule has 2 unspecified atom stereocenters. The second kappa shape index (κ2) is 7.21. The van der Waals surface area contributed by atoms with Crippen molar-refractivity contribution in [2.24, 2.45) is 0 Å². The van der Waals surface area contributed by atoms with Crippen LogP contribution in [0.3, 0.4) is 0 Å². The Balaban J connectivity index is 1.67. The normalized spacial score (nSPS) is 20.9. The lowest BCUT2D eigenvalue weighted by atomic mass is 10.1. The highest BCUT2D eigenvalue weighted by molar-refractivity contribution is 5.90. The Hall–Kier alpha value is -2.57. The summed E-state index contributed by atoms with van der Waals surface area (Å²) in [4.78, 5) is 16.3. The van der Waals surface area contributed by atoms with E-state index in [-0.39, 0.29) is 12.2 Å². The third-order valence-electron chi connectivity index (χ3n) is 4.82. The molecule has 2 aromatic heterocycles. The molecule has 0 spiro atoms. The van der Waals surface area contributed by atoms with Crippen LogP contribution in [0.1, 0.15) is 25.4 Å². The van der Waals surface area contributed by atoms with E-state index in [0.717, 1.165) is 46.8 Å². The SMILES string of the molecule is Cc1cccc(-c2ccc3c(N)nc(CN4CC(C)OC(C)C4)nc3c2)n1. The maximum absolute atomic E-state index is 6.22. The van der Waals surface area contributed by atoms with Gasteiger partial charge in [-0.15, -0.1) is 0 Å². The van der Waals surface area contributed by atoms with Crippen LogP contribution in [-0.2, 0) is 11.3 Å². The van der Waals surface area contributed by atoms with Crippen LogP contribution in [0.2, 0.25) is 0 Å². The Morgan fingerprint density at radius 2 is 1.85 bits per heavy atom. The number of ether oxygens (including phenoxy) is 1. The van der Waals surface area contributed by atoms with E-state index in [1.807, 2.05) is 43.3 Å². The third-order valence-corrected chi connectivity index (χ3v) is 4.82. The zero-order chi connectivity index (χ0) is 19.0. The third kappa shape index (κ3) is 3.91. The second-order valence-corrected chi connectivity index (χ2v) is 7.37. The van der Waals surface area contributed by atoms with Crippen molar-refractivity contribution in [1.29, 1.82) is 0 Å². The fourth-order valence-electron chi connectivity index (χ4n) is 3.75. The van der Waals surface area contributed by atoms with Crippen LogP contribution in [0.4, 0.5) is 5.82 Å². The number of rotatable bonds is 3. The van der Waals surface area contributed by atoms with Gasteiger partial charge in [0.1, 0.15) is 11.6 Å². The summed E-state index contributed by atoms with van der Waals surface area (Å²) in [5, 5.41) is 0.874. The molecule has 0 saturated carbocycles. The van der Waals surface area contributed by atoms with E-state index < -0.39 is 0 Å². The number of nitrogens with two attached hydrogens (primary N) is 1. The number of fused-ring (bicyclic) bond motifs is 1. The van der Waals surface area contributed by atoms with Crippen LogP contribution in [-0.4, -0.2) is 45.1 Å². The maximum Gasteiger partial charge on any atom is 0.145 e. The molecule has 3 heterocycles. The first kappa shape index (κ1) is 17.8. The first-order valence-corrected chi connectivity index (χ1v) is 9.36. The van der Waals surface area contributed by atoms with Crippen molar-refractivity contribution in [1.82, 2.24) is 19.9 Å². The number of hydrogen-bond donors (Lipinski definition) is 1. The number of benzene rings is 1. The fraction of sp³-hybridized carbons (Fsp3) is 0.381. The summed E-state index contributed by atoms with van der Waals surface area (Å²) in [7, 11) is 0. The molecule has 1 fully saturated rings. The summed E-state index contributed by atoms with van der Waals surface area (Å²) >= 11 is 0. The van der Waals surface area contributed by atoms with Crippen molar-refractivity contribution in [3.05, 3.63) is 47.9 Å². The predicted octanol–water partition coefficient (Wildman–Crippen LogP) is 3.19. The number of nitrogens with zero attached hydrogens (tertiary/aromatic N) is 4. The van der Waals surface area contributed by atoms with Gasteiger partial charge in [-0.3, -0.25) is 9.88 Å². The lowest BCUT2D eigenvalue weighted by Gasteiger charge is -2.34. The van der Waals surface area contributed by atoms with Crippen LogP contribution in [0, 0.1) is 6.92 Å². The Kier molecular flexibility index (Phi) is 4.76. The minimum absolute atomic E-state index is 0.213. The topological polar surface area (TPSA) is 77.2 Å². The standard InChI is InChI=1S/C21H25N5O/c1-13-5-4-6-18(23-13)16-7-8-17-19(9-16)24-20(25-21(17)22)12-26-10-14(2)27-15(3)11-26/h4-9,14-15H,10-12H2,1-3H3,(H2,22,24,25). The van der Waals surface area contributed by atoms with Crippen LogP contribution in [0.15, 0.2) is 36.4 Å². The Labute approximate surface area is 159 Å². The van der Waals surface area contributed by atoms with Gasteiger partial charge in [0.05, 0.1) is 30.0 Å². The van der Waals surface area contributed by atoms with E-state index >= 15 is 0 Å². The van der Waals surface area contributed by atoms with Crippen molar-refractivity contribution in [3.63, 3.8) is 0 Å². The van der Waals surface area contributed by atoms with E-state index in [2.05, 4.69) is 28.7 Å². The minimum Gasteiger partial charge on any atom is -0.383 e. The Morgan fingerprint density at radius 3 is 2.59 bits per heavy atom. The van der Waals surface area contributed by atoms with E-state index in [4.69, 9.17) is 15.5 Å². The summed E-state index contributed by atoms with van der Waals surface area (Å²) in [5.41, 5.74) is 10.0. The van der Waals surface area contributed by atoms with Gasteiger partial charge in [0.25, 0.3) is 0 Å². The molecule has 2 atom stereocenters. The highest BCUT2D eigenvalue weighted by Crippen LogP contribution is 2.25. The summed E-state index contributed by atoms with van der Waals surface area (Å²) in [6.07, 6.45) is 0.427. The van der Waals surface area contributed by atoms with Gasteiger partial charge in [0, 0.05) is 29.7 Å². The largest absolute Gasteiger partial charge is 0.383 e. The van der Waals surface area contributed by atoms with E-state index in [1.165, 1.54) is 0 Å². The maximum atomic E-state index is 6.22. The average molecular weight is 363 g/mol. The molecule has 2 N–H and O–H groups in total. The molecule has 1 aliphatic heterocycles. The van der Waals surface area contributed by atoms with Crippen molar-refractivity contribution in [2.75, 3.05) is 18.8 Å². The van der Waals surface area contributed by atoms with Gasteiger partial charge in [-0.25, -0.2) is 9.97 Å². The molecular weight excluding hydrogens is 338 g/mol. The molecule has 27 heavy (non-hydrogen) atoms. The molecule has 4 rings (SSSR count). The smallest absolute Gasteiger partial charge is 0.145 e. The van der Waals surface area contributed by atoms with Crippen LogP contribution in [0.5, 0.6) is 0 Å². The number of aryl methyl sites for hydroxylation is 1. The molecule has 140 valence electrons. The van der Waals surface area contributed by atoms with Gasteiger partial charge in [-0.1, -0.05) is 12.1 Å². The first-order valence-electron chi connectivity index (χ1n) is 9.36. The van der Waals surface area contributed by atoms with Crippen LogP contribution >= 0.6 is 0 Å². The molecular formula is C21H25N5O. The van der Waals surface area contributed by atoms with Crippen molar-refractivity contribution in [2.45, 2.75) is 39.5 Å². The fourth-order valence-corrected chi connectivity index (χ4v) is 3.75. The summed E-state index contributed by atoms with van der Waals surface area (Å²) in [5.74, 6) is 1.27. The number of hydrogen-bond acceptors (Lipinski definition) is 6. The van der Waals surface area contributed by atoms with Gasteiger partial charge >= 0.3 is 0 Å². The molecule has 0 amide bonds. The van der Waals surface area contributed by atoms with Gasteiger partial charge in [0.15, 0.2) is 0 Å². The highest BCUT2D eigenvalue weighted by atomic mass is 16.5. The summed E-state index contributed by atoms with van der Waals surface area (Å²) in [6, 6.07) is 12.1. The minimum atomic E-state index is 0.213. The molecule has 1 aromatic carbocycles. The molecule has 0 bridgehead atoms. The van der Waals surface area contributed by atoms with Gasteiger partial charge in [-0.2, -0.15) is 0 Å². The van der Waals surface area contributed by atoms with E-state index in [1.54, 1.807) is 0 Å². The number of morpholine rings is 1. The lowest BCUT2D eigenvalue weighted by Crippen LogP contribution is -2.45. The number of aromatic nitrogens is 3. The molecule has 1 aliphatic rings. The lowest BCUT2D eigenvalue weighted by molar-refractivity contribution is -0.0710. The second-order valence-electron chi connectivity index (χ2n) is 7.37.